The molecule has 0 aromatic carbocycles. The van der Waals surface area contributed by atoms with Crippen LogP contribution in [0.15, 0.2) is 12.2 Å². The molecule has 4 atom stereocenters. The van der Waals surface area contributed by atoms with Gasteiger partial charge in [0.1, 0.15) is 0 Å². The number of unbranched alkanes of at least 4 members (excludes halogenated alkanes) is 18. The smallest absolute Gasteiger partial charge is 0.305 e. The van der Waals surface area contributed by atoms with Crippen LogP contribution in [0.2, 0.25) is 0 Å². The van der Waals surface area contributed by atoms with Gasteiger partial charge in [0, 0.05) is 6.42 Å². The number of carbonyl (C=O) groups is 1. The number of carbonyl (C=O) groups excluding carboxylic acids is 1. The molecule has 4 unspecified atom stereocenters. The monoisotopic (exact) mass is 559 g/mol. The molecule has 0 aromatic heterocycles. The quantitative estimate of drug-likeness (QED) is 0.0498. The van der Waals surface area contributed by atoms with Gasteiger partial charge in [-0.05, 0) is 81.5 Å². The number of allylic oxidation sites excluding steroid dienone is 2. The van der Waals surface area contributed by atoms with Gasteiger partial charge in [0.15, 0.2) is 0 Å². The Bertz CT molecular complexity index is 611. The summed E-state index contributed by atoms with van der Waals surface area (Å²) >= 11 is 0. The third-order valence-corrected chi connectivity index (χ3v) is 9.80. The average Bonchev–Trinajstić information content (AvgIpc) is 3.88. The number of hydrogen-bond acceptors (Lipinski definition) is 2. The molecule has 2 fully saturated rings. The lowest BCUT2D eigenvalue weighted by Gasteiger charge is -2.05. The van der Waals surface area contributed by atoms with Crippen LogP contribution in [0.25, 0.3) is 0 Å². The molecule has 40 heavy (non-hydrogen) atoms. The largest absolute Gasteiger partial charge is 0.466 e. The molecule has 0 aromatic rings. The lowest BCUT2D eigenvalue weighted by atomic mass is 10.0. The lowest BCUT2D eigenvalue weighted by molar-refractivity contribution is -0.143. The minimum absolute atomic E-state index is 0.0293. The molecule has 2 rings (SSSR count). The molecule has 234 valence electrons. The second-order valence-electron chi connectivity index (χ2n) is 13.7. The van der Waals surface area contributed by atoms with Crippen molar-refractivity contribution in [3.63, 3.8) is 0 Å². The molecule has 0 radical (unpaired) electrons. The van der Waals surface area contributed by atoms with Crippen molar-refractivity contribution < 1.29 is 9.53 Å². The fraction of sp³-hybridized carbons (Fsp3) is 0.921. The number of esters is 1. The predicted molar refractivity (Wildman–Crippen MR) is 175 cm³/mol. The first-order valence-electron chi connectivity index (χ1n) is 18.5. The highest BCUT2D eigenvalue weighted by atomic mass is 16.5. The zero-order valence-corrected chi connectivity index (χ0v) is 27.3. The van der Waals surface area contributed by atoms with Crippen LogP contribution < -0.4 is 0 Å². The van der Waals surface area contributed by atoms with Crippen LogP contribution in [0, 0.1) is 23.7 Å². The molecule has 2 heteroatoms. The first-order valence-corrected chi connectivity index (χ1v) is 18.5. The normalized spacial score (nSPS) is 21.8. The third-order valence-electron chi connectivity index (χ3n) is 9.80. The van der Waals surface area contributed by atoms with Gasteiger partial charge in [0.05, 0.1) is 6.61 Å². The first kappa shape index (κ1) is 35.4. The Balaban J connectivity index is 1.22. The number of ether oxygens (including phenoxy) is 1. The Morgan fingerprint density at radius 2 is 1.00 bits per heavy atom. The SMILES string of the molecule is CCCCCCCC/C=C\CCCCCCCCOC(=O)CCCCCCCC1CC1CC1CC1CCCCC. The van der Waals surface area contributed by atoms with E-state index in [-0.39, 0.29) is 5.97 Å². The van der Waals surface area contributed by atoms with Crippen LogP contribution >= 0.6 is 0 Å². The lowest BCUT2D eigenvalue weighted by Crippen LogP contribution is -2.05. The molecule has 0 heterocycles. The molecule has 0 aliphatic heterocycles. The minimum atomic E-state index is 0.0293. The fourth-order valence-electron chi connectivity index (χ4n) is 6.76. The second-order valence-corrected chi connectivity index (χ2v) is 13.7. The molecule has 2 nitrogen and oxygen atoms in total. The summed E-state index contributed by atoms with van der Waals surface area (Å²) in [6, 6.07) is 0. The Hall–Kier alpha value is -0.790. The van der Waals surface area contributed by atoms with Gasteiger partial charge in [0.2, 0.25) is 0 Å². The van der Waals surface area contributed by atoms with E-state index in [0.29, 0.717) is 13.0 Å². The summed E-state index contributed by atoms with van der Waals surface area (Å²) in [5.74, 6) is 4.39. The van der Waals surface area contributed by atoms with E-state index in [9.17, 15) is 4.79 Å². The maximum absolute atomic E-state index is 12.0. The van der Waals surface area contributed by atoms with Crippen molar-refractivity contribution in [2.24, 2.45) is 23.7 Å². The second kappa shape index (κ2) is 24.8. The highest BCUT2D eigenvalue weighted by molar-refractivity contribution is 5.69. The van der Waals surface area contributed by atoms with E-state index in [1.54, 1.807) is 12.8 Å². The van der Waals surface area contributed by atoms with Gasteiger partial charge < -0.3 is 4.74 Å². The highest BCUT2D eigenvalue weighted by Crippen LogP contribution is 2.54. The van der Waals surface area contributed by atoms with Crippen molar-refractivity contribution in [1.29, 1.82) is 0 Å². The van der Waals surface area contributed by atoms with Crippen LogP contribution in [0.1, 0.15) is 194 Å². The van der Waals surface area contributed by atoms with Crippen LogP contribution in [0.4, 0.5) is 0 Å². The predicted octanol–water partition coefficient (Wildman–Crippen LogP) is 12.5. The fourth-order valence-corrected chi connectivity index (χ4v) is 6.76. The van der Waals surface area contributed by atoms with Crippen LogP contribution in [-0.2, 0) is 9.53 Å². The van der Waals surface area contributed by atoms with Crippen molar-refractivity contribution in [2.45, 2.75) is 194 Å². The Kier molecular flexibility index (Phi) is 21.9. The summed E-state index contributed by atoms with van der Waals surface area (Å²) in [7, 11) is 0. The van der Waals surface area contributed by atoms with Crippen LogP contribution in [-0.4, -0.2) is 12.6 Å². The van der Waals surface area contributed by atoms with Gasteiger partial charge in [-0.2, -0.15) is 0 Å². The van der Waals surface area contributed by atoms with Gasteiger partial charge in [-0.1, -0.05) is 142 Å². The van der Waals surface area contributed by atoms with Crippen molar-refractivity contribution in [3.05, 3.63) is 12.2 Å². The highest BCUT2D eigenvalue weighted by Gasteiger charge is 2.44. The van der Waals surface area contributed by atoms with Crippen LogP contribution in [0.5, 0.6) is 0 Å². The summed E-state index contributed by atoms with van der Waals surface area (Å²) in [5.41, 5.74) is 0. The number of hydrogen-bond donors (Lipinski definition) is 0. The molecular formula is C38H70O2. The van der Waals surface area contributed by atoms with Gasteiger partial charge in [0.25, 0.3) is 0 Å². The van der Waals surface area contributed by atoms with Crippen molar-refractivity contribution >= 4 is 5.97 Å². The summed E-state index contributed by atoms with van der Waals surface area (Å²) in [6.45, 7) is 5.22. The maximum Gasteiger partial charge on any atom is 0.305 e. The molecule has 0 spiro atoms. The third kappa shape index (κ3) is 20.1. The topological polar surface area (TPSA) is 26.3 Å². The minimum Gasteiger partial charge on any atom is -0.466 e. The molecule has 2 saturated carbocycles. The first-order chi connectivity index (χ1) is 19.7. The zero-order valence-electron chi connectivity index (χ0n) is 27.3. The van der Waals surface area contributed by atoms with Crippen LogP contribution in [0.3, 0.4) is 0 Å². The van der Waals surface area contributed by atoms with Gasteiger partial charge in [-0.15, -0.1) is 0 Å². The van der Waals surface area contributed by atoms with E-state index in [1.165, 1.54) is 148 Å². The molecule has 0 saturated heterocycles. The van der Waals surface area contributed by atoms with E-state index in [2.05, 4.69) is 26.0 Å². The van der Waals surface area contributed by atoms with Crippen molar-refractivity contribution in [1.82, 2.24) is 0 Å². The summed E-state index contributed by atoms with van der Waals surface area (Å²) < 4.78 is 5.46. The van der Waals surface area contributed by atoms with E-state index in [0.717, 1.165) is 36.5 Å². The van der Waals surface area contributed by atoms with Gasteiger partial charge >= 0.3 is 5.97 Å². The molecule has 0 N–H and O–H groups in total. The van der Waals surface area contributed by atoms with E-state index in [1.807, 2.05) is 0 Å². The summed E-state index contributed by atoms with van der Waals surface area (Å²) in [4.78, 5) is 12.0. The Morgan fingerprint density at radius 1 is 0.550 bits per heavy atom. The standard InChI is InChI=1S/C38H70O2/c1-3-5-7-8-9-10-11-12-13-14-15-16-17-18-22-26-30-40-38(39)29-25-21-19-20-24-28-35-32-37(35)33-36-31-34(36)27-23-6-4-2/h12-13,34-37H,3-11,14-33H2,1-2H3/b13-12-. The van der Waals surface area contributed by atoms with E-state index >= 15 is 0 Å². The maximum atomic E-state index is 12.0. The molecule has 2 aliphatic rings. The Morgan fingerprint density at radius 3 is 1.60 bits per heavy atom. The molecule has 2 aliphatic carbocycles. The summed E-state index contributed by atoms with van der Waals surface area (Å²) in [5, 5.41) is 0. The van der Waals surface area contributed by atoms with Gasteiger partial charge in [-0.3, -0.25) is 4.79 Å². The van der Waals surface area contributed by atoms with Crippen molar-refractivity contribution in [2.75, 3.05) is 6.61 Å². The Labute approximate surface area is 251 Å². The van der Waals surface area contributed by atoms with Gasteiger partial charge in [-0.25, -0.2) is 0 Å². The summed E-state index contributed by atoms with van der Waals surface area (Å²) in [6.07, 6.45) is 41.9. The number of rotatable bonds is 30. The van der Waals surface area contributed by atoms with Crippen molar-refractivity contribution in [3.8, 4) is 0 Å². The molecular weight excluding hydrogens is 488 g/mol. The molecule has 0 amide bonds. The zero-order chi connectivity index (χ0) is 28.5. The van der Waals surface area contributed by atoms with E-state index in [4.69, 9.17) is 4.74 Å². The average molecular weight is 559 g/mol. The molecule has 0 bridgehead atoms. The van der Waals surface area contributed by atoms with E-state index < -0.39 is 0 Å².